The lowest BCUT2D eigenvalue weighted by atomic mass is 11.0. The van der Waals surface area contributed by atoms with Gasteiger partial charge in [0, 0.05) is 0 Å². The highest BCUT2D eigenvalue weighted by Crippen LogP contribution is 1.63. The zero-order valence-corrected chi connectivity index (χ0v) is 6.41. The molecule has 0 bridgehead atoms. The number of hydrogen-bond donors (Lipinski definition) is 2. The molecule has 0 unspecified atom stereocenters. The van der Waals surface area contributed by atoms with E-state index >= 15 is 0 Å². The van der Waals surface area contributed by atoms with E-state index in [0.29, 0.717) is 0 Å². The fourth-order valence-electron chi connectivity index (χ4n) is 0.497. The van der Waals surface area contributed by atoms with Gasteiger partial charge < -0.3 is 11.0 Å². The molecule has 2 aliphatic heterocycles. The first-order valence-electron chi connectivity index (χ1n) is 3.03. The van der Waals surface area contributed by atoms with E-state index in [1.54, 1.807) is 25.1 Å². The summed E-state index contributed by atoms with van der Waals surface area (Å²) in [5.74, 6) is 0. The second kappa shape index (κ2) is 9.66. The largest absolute Gasteiger partial charge is 0.870 e. The zero-order chi connectivity index (χ0) is 7.07. The maximum Gasteiger partial charge on any atom is 0.191 e. The summed E-state index contributed by atoms with van der Waals surface area (Å²) in [5.41, 5.74) is 0. The maximum atomic E-state index is 3.72. The molecule has 0 aromatic carbocycles. The molecule has 0 aliphatic carbocycles. The number of hydrogen-bond acceptors (Lipinski definition) is 4. The summed E-state index contributed by atoms with van der Waals surface area (Å²) in [5, 5.41) is 3.78. The molecule has 2 aliphatic rings. The lowest BCUT2D eigenvalue weighted by molar-refractivity contribution is -0.447. The number of aliphatic imine (C=N–C) groups is 2. The second-order valence-electron chi connectivity index (χ2n) is 1.66. The van der Waals surface area contributed by atoms with Gasteiger partial charge in [-0.25, -0.2) is 9.98 Å². The molecule has 0 radical (unpaired) electrons. The van der Waals surface area contributed by atoms with Gasteiger partial charge in [-0.05, 0) is 0 Å². The van der Waals surface area contributed by atoms with E-state index in [-0.39, 0.29) is 11.0 Å². The molecule has 2 heterocycles. The fraction of sp³-hybridized carbons (Fsp3) is 0. The van der Waals surface area contributed by atoms with Gasteiger partial charge >= 0.3 is 0 Å². The molecule has 12 heavy (non-hydrogen) atoms. The Balaban J connectivity index is 0. The summed E-state index contributed by atoms with van der Waals surface area (Å²) in [7, 11) is 0. The Hall–Kier alpha value is -1.34. The van der Waals surface area contributed by atoms with Crippen LogP contribution in [0.1, 0.15) is 0 Å². The van der Waals surface area contributed by atoms with Gasteiger partial charge in [0.25, 0.3) is 0 Å². The lowest BCUT2D eigenvalue weighted by Crippen LogP contribution is -2.74. The van der Waals surface area contributed by atoms with Crippen molar-refractivity contribution < 1.29 is 21.6 Å². The summed E-state index contributed by atoms with van der Waals surface area (Å²) in [6, 6.07) is 0. The van der Waals surface area contributed by atoms with Gasteiger partial charge in [-0.15, -0.1) is 0 Å². The van der Waals surface area contributed by atoms with Crippen molar-refractivity contribution in [2.24, 2.45) is 9.98 Å². The van der Waals surface area contributed by atoms with E-state index in [4.69, 9.17) is 0 Å². The molecular weight excluding hydrogens is 160 g/mol. The molecule has 0 fully saturated rings. The van der Waals surface area contributed by atoms with E-state index in [1.807, 2.05) is 23.0 Å². The third kappa shape index (κ3) is 6.78. The predicted molar refractivity (Wildman–Crippen MR) is 43.0 cm³/mol. The van der Waals surface area contributed by atoms with E-state index in [9.17, 15) is 0 Å². The van der Waals surface area contributed by atoms with Crippen molar-refractivity contribution in [2.75, 3.05) is 0 Å². The van der Waals surface area contributed by atoms with Gasteiger partial charge in [0.2, 0.25) is 0 Å². The van der Waals surface area contributed by atoms with Gasteiger partial charge in [-0.2, -0.15) is 0 Å². The van der Waals surface area contributed by atoms with Crippen LogP contribution in [0, 0.1) is 0 Å². The van der Waals surface area contributed by atoms with Crippen LogP contribution in [0.25, 0.3) is 0 Å². The highest BCUT2D eigenvalue weighted by atomic mass is 16.0. The standard InChI is InChI=1S/2C3H4N2.2H2O/c2*1-2-5-3-4-1;;/h2*1-3H,(H,4,5);2*1H2. The van der Waals surface area contributed by atoms with Crippen molar-refractivity contribution in [3.05, 3.63) is 24.8 Å². The van der Waals surface area contributed by atoms with Crippen LogP contribution >= 0.6 is 0 Å². The van der Waals surface area contributed by atoms with E-state index in [1.165, 1.54) is 0 Å². The first kappa shape index (κ1) is 13.3. The van der Waals surface area contributed by atoms with Gasteiger partial charge in [-0.3, -0.25) is 10.6 Å². The van der Waals surface area contributed by atoms with Gasteiger partial charge in [0.1, 0.15) is 12.4 Å². The average molecular weight is 172 g/mol. The molecule has 0 aromatic rings. The molecule has 0 amide bonds. The SMILES string of the molecule is C1=C[NH2+]C=N1.C1=C[NH2+]C=N1.[OH-].[OH-]. The van der Waals surface area contributed by atoms with Crippen LogP contribution in [0.4, 0.5) is 0 Å². The second-order valence-corrected chi connectivity index (χ2v) is 1.66. The molecule has 6 nitrogen and oxygen atoms in total. The van der Waals surface area contributed by atoms with E-state index in [2.05, 4.69) is 9.98 Å². The molecule has 0 saturated carbocycles. The van der Waals surface area contributed by atoms with Gasteiger partial charge in [0.05, 0.1) is 12.4 Å². The highest BCUT2D eigenvalue weighted by molar-refractivity contribution is 5.45. The quantitative estimate of drug-likeness (QED) is 0.430. The highest BCUT2D eigenvalue weighted by Gasteiger charge is 1.76. The molecular formula is C6H12N4O2. The smallest absolute Gasteiger partial charge is 0.191 e. The normalized spacial score (nSPS) is 14.7. The van der Waals surface area contributed by atoms with E-state index in [0.717, 1.165) is 0 Å². The first-order valence-corrected chi connectivity index (χ1v) is 3.03. The number of rotatable bonds is 0. The fourth-order valence-corrected chi connectivity index (χ4v) is 0.497. The number of nitrogens with two attached hydrogens (primary N) is 2. The Kier molecular flexibility index (Phi) is 10.7. The minimum Gasteiger partial charge on any atom is -0.870 e. The Morgan fingerprint density at radius 3 is 1.25 bits per heavy atom. The molecule has 0 spiro atoms. The molecule has 0 saturated heterocycles. The van der Waals surface area contributed by atoms with Crippen LogP contribution < -0.4 is 10.6 Å². The van der Waals surface area contributed by atoms with Crippen LogP contribution in [0.5, 0.6) is 0 Å². The number of nitrogens with zero attached hydrogens (tertiary/aromatic N) is 2. The summed E-state index contributed by atoms with van der Waals surface area (Å²) in [6.07, 6.45) is 10.8. The summed E-state index contributed by atoms with van der Waals surface area (Å²) in [6.45, 7) is 0. The monoisotopic (exact) mass is 172 g/mol. The van der Waals surface area contributed by atoms with E-state index < -0.39 is 0 Å². The minimum absolute atomic E-state index is 0. The van der Waals surface area contributed by atoms with Gasteiger partial charge in [0.15, 0.2) is 12.7 Å². The first-order chi connectivity index (χ1) is 5.00. The molecule has 0 aromatic heterocycles. The van der Waals surface area contributed by atoms with Crippen LogP contribution in [-0.4, -0.2) is 23.6 Å². The van der Waals surface area contributed by atoms with Crippen LogP contribution in [-0.2, 0) is 0 Å². The minimum atomic E-state index is 0. The Labute approximate surface area is 70.0 Å². The maximum absolute atomic E-state index is 3.72. The Bertz CT molecular complexity index is 156. The van der Waals surface area contributed by atoms with Crippen molar-refractivity contribution in [3.8, 4) is 0 Å². The third-order valence-electron chi connectivity index (χ3n) is 0.911. The van der Waals surface area contributed by atoms with Crippen molar-refractivity contribution in [1.29, 1.82) is 0 Å². The Morgan fingerprint density at radius 2 is 1.17 bits per heavy atom. The summed E-state index contributed by atoms with van der Waals surface area (Å²) < 4.78 is 0. The molecule has 6 heteroatoms. The molecule has 0 atom stereocenters. The van der Waals surface area contributed by atoms with Crippen LogP contribution in [0.15, 0.2) is 34.8 Å². The van der Waals surface area contributed by atoms with Crippen molar-refractivity contribution in [3.63, 3.8) is 0 Å². The number of quaternary nitrogens is 2. The predicted octanol–water partition coefficient (Wildman–Crippen LogP) is -2.23. The zero-order valence-electron chi connectivity index (χ0n) is 6.41. The topological polar surface area (TPSA) is 118 Å². The lowest BCUT2D eigenvalue weighted by Gasteiger charge is -1.58. The molecule has 2 rings (SSSR count). The van der Waals surface area contributed by atoms with Crippen molar-refractivity contribution in [1.82, 2.24) is 0 Å². The van der Waals surface area contributed by atoms with Crippen LogP contribution in [0.3, 0.4) is 0 Å². The molecule has 68 valence electrons. The summed E-state index contributed by atoms with van der Waals surface area (Å²) in [4.78, 5) is 7.44. The molecule has 6 N–H and O–H groups in total. The van der Waals surface area contributed by atoms with Crippen molar-refractivity contribution in [2.45, 2.75) is 0 Å². The Morgan fingerprint density at radius 1 is 0.750 bits per heavy atom. The van der Waals surface area contributed by atoms with Crippen LogP contribution in [0.2, 0.25) is 0 Å². The van der Waals surface area contributed by atoms with Crippen molar-refractivity contribution >= 4 is 12.7 Å². The van der Waals surface area contributed by atoms with Gasteiger partial charge in [-0.1, -0.05) is 0 Å². The third-order valence-corrected chi connectivity index (χ3v) is 0.911. The average Bonchev–Trinajstić information content (AvgIpc) is 2.67. The summed E-state index contributed by atoms with van der Waals surface area (Å²) >= 11 is 0.